The highest BCUT2D eigenvalue weighted by Crippen LogP contribution is 2.30. The largest absolute Gasteiger partial charge is 0.378 e. The van der Waals surface area contributed by atoms with E-state index in [1.165, 1.54) is 6.42 Å². The van der Waals surface area contributed by atoms with Crippen molar-refractivity contribution in [3.63, 3.8) is 0 Å². The molecule has 0 N–H and O–H groups in total. The molecule has 0 aromatic heterocycles. The van der Waals surface area contributed by atoms with Gasteiger partial charge < -0.3 is 19.4 Å². The van der Waals surface area contributed by atoms with Crippen molar-refractivity contribution < 1.29 is 14.3 Å². The van der Waals surface area contributed by atoms with Crippen LogP contribution in [0.3, 0.4) is 0 Å². The van der Waals surface area contributed by atoms with E-state index >= 15 is 0 Å². The smallest absolute Gasteiger partial charge is 0.224 e. The summed E-state index contributed by atoms with van der Waals surface area (Å²) in [6, 6.07) is 8.34. The van der Waals surface area contributed by atoms with Crippen LogP contribution in [-0.2, 0) is 14.3 Å². The number of anilines is 2. The minimum atomic E-state index is -0.0285. The predicted molar refractivity (Wildman–Crippen MR) is 112 cm³/mol. The van der Waals surface area contributed by atoms with Crippen molar-refractivity contribution in [2.45, 2.75) is 52.0 Å². The number of para-hydroxylation sites is 2. The Morgan fingerprint density at radius 1 is 1.14 bits per heavy atom. The normalized spacial score (nSPS) is 20.1. The molecule has 1 aromatic rings. The van der Waals surface area contributed by atoms with E-state index in [0.717, 1.165) is 50.3 Å². The molecular formula is C22H33N3O3. The highest BCUT2D eigenvalue weighted by atomic mass is 16.5. The van der Waals surface area contributed by atoms with Crippen molar-refractivity contribution in [1.82, 2.24) is 4.90 Å². The summed E-state index contributed by atoms with van der Waals surface area (Å²) in [5.74, 6) is 0.140. The maximum Gasteiger partial charge on any atom is 0.224 e. The quantitative estimate of drug-likeness (QED) is 0.753. The van der Waals surface area contributed by atoms with E-state index in [2.05, 4.69) is 17.9 Å². The fourth-order valence-electron chi connectivity index (χ4n) is 4.32. The molecule has 2 fully saturated rings. The van der Waals surface area contributed by atoms with Crippen LogP contribution in [0.1, 0.15) is 46.0 Å². The summed E-state index contributed by atoms with van der Waals surface area (Å²) in [5.41, 5.74) is 1.92. The van der Waals surface area contributed by atoms with Crippen LogP contribution in [0.25, 0.3) is 0 Å². The summed E-state index contributed by atoms with van der Waals surface area (Å²) in [5, 5.41) is 0. The minimum Gasteiger partial charge on any atom is -0.378 e. The standard InChI is InChI=1S/C22H33N3O3/c1-3-19-8-6-7-12-25(19)22(27)11-13-24(18(2)26)21-10-5-4-9-20(21)23-14-16-28-17-15-23/h4-5,9-10,19H,3,6-8,11-17H2,1-2H3. The molecule has 2 heterocycles. The lowest BCUT2D eigenvalue weighted by Gasteiger charge is -2.36. The maximum atomic E-state index is 12.9. The first-order valence-electron chi connectivity index (χ1n) is 10.6. The second-order valence-electron chi connectivity index (χ2n) is 7.65. The summed E-state index contributed by atoms with van der Waals surface area (Å²) in [6.07, 6.45) is 4.75. The first kappa shape index (κ1) is 20.6. The molecule has 6 heteroatoms. The van der Waals surface area contributed by atoms with Gasteiger partial charge in [0.2, 0.25) is 11.8 Å². The van der Waals surface area contributed by atoms with Gasteiger partial charge in [0.05, 0.1) is 24.6 Å². The van der Waals surface area contributed by atoms with Gasteiger partial charge in [0.25, 0.3) is 0 Å². The van der Waals surface area contributed by atoms with Crippen LogP contribution in [0.2, 0.25) is 0 Å². The van der Waals surface area contributed by atoms with Gasteiger partial charge >= 0.3 is 0 Å². The van der Waals surface area contributed by atoms with Gasteiger partial charge in [-0.15, -0.1) is 0 Å². The van der Waals surface area contributed by atoms with Crippen molar-refractivity contribution in [3.8, 4) is 0 Å². The molecule has 2 saturated heterocycles. The van der Waals surface area contributed by atoms with E-state index in [0.29, 0.717) is 32.2 Å². The number of hydrogen-bond donors (Lipinski definition) is 0. The Labute approximate surface area is 168 Å². The monoisotopic (exact) mass is 387 g/mol. The third kappa shape index (κ3) is 4.85. The summed E-state index contributed by atoms with van der Waals surface area (Å²) >= 11 is 0. The van der Waals surface area contributed by atoms with Crippen molar-refractivity contribution in [3.05, 3.63) is 24.3 Å². The maximum absolute atomic E-state index is 12.9. The molecule has 0 saturated carbocycles. The molecule has 1 atom stereocenters. The number of rotatable bonds is 6. The van der Waals surface area contributed by atoms with Gasteiger partial charge in [0, 0.05) is 45.6 Å². The molecule has 1 unspecified atom stereocenters. The molecule has 2 amide bonds. The average Bonchev–Trinajstić information content (AvgIpc) is 2.74. The third-order valence-electron chi connectivity index (χ3n) is 5.87. The van der Waals surface area contributed by atoms with Crippen LogP contribution in [0, 0.1) is 0 Å². The van der Waals surface area contributed by atoms with E-state index in [1.54, 1.807) is 11.8 Å². The van der Waals surface area contributed by atoms with E-state index in [1.807, 2.05) is 23.1 Å². The molecule has 3 rings (SSSR count). The molecular weight excluding hydrogens is 354 g/mol. The number of carbonyl (C=O) groups excluding carboxylic acids is 2. The van der Waals surface area contributed by atoms with Gasteiger partial charge in [-0.2, -0.15) is 0 Å². The summed E-state index contributed by atoms with van der Waals surface area (Å²) in [6.45, 7) is 8.01. The predicted octanol–water partition coefficient (Wildman–Crippen LogP) is 3.06. The number of nitrogens with zero attached hydrogens (tertiary/aromatic N) is 3. The number of morpholine rings is 1. The van der Waals surface area contributed by atoms with Gasteiger partial charge in [-0.05, 0) is 37.8 Å². The lowest BCUT2D eigenvalue weighted by atomic mass is 9.99. The van der Waals surface area contributed by atoms with Crippen LogP contribution >= 0.6 is 0 Å². The van der Waals surface area contributed by atoms with Crippen LogP contribution in [0.15, 0.2) is 24.3 Å². The van der Waals surface area contributed by atoms with Gasteiger partial charge in [-0.25, -0.2) is 0 Å². The first-order chi connectivity index (χ1) is 13.6. The lowest BCUT2D eigenvalue weighted by Crippen LogP contribution is -2.45. The molecule has 0 radical (unpaired) electrons. The molecule has 2 aliphatic rings. The number of hydrogen-bond acceptors (Lipinski definition) is 4. The lowest BCUT2D eigenvalue weighted by molar-refractivity contribution is -0.134. The Morgan fingerprint density at radius 2 is 1.89 bits per heavy atom. The van der Waals surface area contributed by atoms with Crippen LogP contribution in [0.5, 0.6) is 0 Å². The van der Waals surface area contributed by atoms with Crippen LogP contribution in [0.4, 0.5) is 11.4 Å². The van der Waals surface area contributed by atoms with Crippen molar-refractivity contribution >= 4 is 23.2 Å². The summed E-state index contributed by atoms with van der Waals surface area (Å²) in [4.78, 5) is 31.4. The molecule has 6 nitrogen and oxygen atoms in total. The van der Waals surface area contributed by atoms with Gasteiger partial charge in [-0.1, -0.05) is 19.1 Å². The van der Waals surface area contributed by atoms with Crippen molar-refractivity contribution in [2.24, 2.45) is 0 Å². The Hall–Kier alpha value is -2.08. The van der Waals surface area contributed by atoms with Crippen molar-refractivity contribution in [1.29, 1.82) is 0 Å². The zero-order chi connectivity index (χ0) is 19.9. The Bertz CT molecular complexity index is 673. The molecule has 2 aliphatic heterocycles. The number of likely N-dealkylation sites (tertiary alicyclic amines) is 1. The third-order valence-corrected chi connectivity index (χ3v) is 5.87. The number of ether oxygens (including phenoxy) is 1. The number of carbonyl (C=O) groups is 2. The van der Waals surface area contributed by atoms with Gasteiger partial charge in [0.15, 0.2) is 0 Å². The van der Waals surface area contributed by atoms with E-state index in [9.17, 15) is 9.59 Å². The molecule has 0 aliphatic carbocycles. The second kappa shape index (κ2) is 9.92. The minimum absolute atomic E-state index is 0.0285. The number of amides is 2. The van der Waals surface area contributed by atoms with Gasteiger partial charge in [-0.3, -0.25) is 9.59 Å². The first-order valence-corrected chi connectivity index (χ1v) is 10.6. The topological polar surface area (TPSA) is 53.1 Å². The van der Waals surface area contributed by atoms with E-state index < -0.39 is 0 Å². The molecule has 1 aromatic carbocycles. The molecule has 28 heavy (non-hydrogen) atoms. The Morgan fingerprint density at radius 3 is 2.61 bits per heavy atom. The van der Waals surface area contributed by atoms with E-state index in [-0.39, 0.29) is 11.8 Å². The molecule has 0 spiro atoms. The molecule has 154 valence electrons. The molecule has 0 bridgehead atoms. The second-order valence-corrected chi connectivity index (χ2v) is 7.65. The number of benzene rings is 1. The number of piperidine rings is 1. The fourth-order valence-corrected chi connectivity index (χ4v) is 4.32. The van der Waals surface area contributed by atoms with Crippen molar-refractivity contribution in [2.75, 3.05) is 49.2 Å². The SMILES string of the molecule is CCC1CCCCN1C(=O)CCN(C(C)=O)c1ccccc1N1CCOCC1. The average molecular weight is 388 g/mol. The highest BCUT2D eigenvalue weighted by molar-refractivity contribution is 5.96. The van der Waals surface area contributed by atoms with Crippen LogP contribution in [-0.4, -0.2) is 62.1 Å². The van der Waals surface area contributed by atoms with Crippen LogP contribution < -0.4 is 9.80 Å². The Balaban J connectivity index is 1.72. The fraction of sp³-hybridized carbons (Fsp3) is 0.636. The summed E-state index contributed by atoms with van der Waals surface area (Å²) < 4.78 is 5.46. The van der Waals surface area contributed by atoms with Gasteiger partial charge in [0.1, 0.15) is 0 Å². The Kier molecular flexibility index (Phi) is 7.31. The highest BCUT2D eigenvalue weighted by Gasteiger charge is 2.27. The zero-order valence-electron chi connectivity index (χ0n) is 17.2. The van der Waals surface area contributed by atoms with E-state index in [4.69, 9.17) is 4.74 Å². The zero-order valence-corrected chi connectivity index (χ0v) is 17.2. The summed E-state index contributed by atoms with van der Waals surface area (Å²) in [7, 11) is 0.